The largest absolute Gasteiger partial charge is 0.380 e. The minimum Gasteiger partial charge on any atom is -0.380 e. The third-order valence-electron chi connectivity index (χ3n) is 5.02. The summed E-state index contributed by atoms with van der Waals surface area (Å²) in [5, 5.41) is 12.8. The molecule has 3 atom stereocenters. The maximum Gasteiger partial charge on any atom is 0.104 e. The number of methoxy groups -OCH3 is 1. The van der Waals surface area contributed by atoms with Crippen molar-refractivity contribution < 1.29 is 4.74 Å². The lowest BCUT2D eigenvalue weighted by atomic mass is 9.94. The smallest absolute Gasteiger partial charge is 0.104 e. The Balaban J connectivity index is 1.63. The zero-order chi connectivity index (χ0) is 15.3. The molecule has 21 heavy (non-hydrogen) atoms. The van der Waals surface area contributed by atoms with E-state index in [0.717, 1.165) is 25.9 Å². The number of rotatable bonds is 8. The monoisotopic (exact) mass is 293 g/mol. The Kier molecular flexibility index (Phi) is 6.04. The number of unbranched alkanes of at least 4 members (excludes halogenated alkanes) is 1. The van der Waals surface area contributed by atoms with Gasteiger partial charge in [0.1, 0.15) is 5.54 Å². The van der Waals surface area contributed by atoms with E-state index in [0.29, 0.717) is 18.1 Å². The van der Waals surface area contributed by atoms with Crippen LogP contribution in [0.5, 0.6) is 0 Å². The van der Waals surface area contributed by atoms with Gasteiger partial charge >= 0.3 is 0 Å². The molecule has 1 heterocycles. The predicted octanol–water partition coefficient (Wildman–Crippen LogP) is 2.55. The molecule has 2 aliphatic rings. The van der Waals surface area contributed by atoms with E-state index in [1.807, 2.05) is 7.11 Å². The minimum atomic E-state index is -0.327. The van der Waals surface area contributed by atoms with E-state index < -0.39 is 0 Å². The molecule has 0 aromatic heterocycles. The van der Waals surface area contributed by atoms with Crippen molar-refractivity contribution in [3.05, 3.63) is 0 Å². The van der Waals surface area contributed by atoms with Crippen molar-refractivity contribution in [3.63, 3.8) is 0 Å². The number of hydrogen-bond acceptors (Lipinski definition) is 4. The molecule has 1 saturated heterocycles. The van der Waals surface area contributed by atoms with Crippen LogP contribution in [-0.4, -0.2) is 49.3 Å². The summed E-state index contributed by atoms with van der Waals surface area (Å²) in [6.45, 7) is 7.73. The van der Waals surface area contributed by atoms with Gasteiger partial charge in [-0.2, -0.15) is 5.26 Å². The summed E-state index contributed by atoms with van der Waals surface area (Å²) < 4.78 is 5.57. The third-order valence-corrected chi connectivity index (χ3v) is 5.02. The standard InChI is InChI=1S/C17H31N3O/c1-14-8-11-20(12-16(14)21-3)10-5-4-9-17(2,13-18)19-15-6-7-15/h14-16,19H,4-12H2,1-3H3. The van der Waals surface area contributed by atoms with Gasteiger partial charge in [-0.1, -0.05) is 6.92 Å². The first-order chi connectivity index (χ1) is 10.1. The van der Waals surface area contributed by atoms with Crippen LogP contribution in [0.15, 0.2) is 0 Å². The number of nitrogens with zero attached hydrogens (tertiary/aromatic N) is 2. The highest BCUT2D eigenvalue weighted by Crippen LogP contribution is 2.25. The first-order valence-electron chi connectivity index (χ1n) is 8.50. The molecule has 4 heteroatoms. The summed E-state index contributed by atoms with van der Waals surface area (Å²) in [5.74, 6) is 0.677. The first-order valence-corrected chi connectivity index (χ1v) is 8.50. The van der Waals surface area contributed by atoms with Crippen molar-refractivity contribution in [1.82, 2.24) is 10.2 Å². The van der Waals surface area contributed by atoms with E-state index in [1.165, 1.54) is 32.2 Å². The average molecular weight is 293 g/mol. The lowest BCUT2D eigenvalue weighted by molar-refractivity contribution is -0.00533. The quantitative estimate of drug-likeness (QED) is 0.699. The van der Waals surface area contributed by atoms with Gasteiger partial charge in [0.05, 0.1) is 12.2 Å². The molecule has 2 fully saturated rings. The van der Waals surface area contributed by atoms with E-state index in [4.69, 9.17) is 4.74 Å². The number of ether oxygens (including phenoxy) is 1. The Hall–Kier alpha value is -0.630. The summed E-state index contributed by atoms with van der Waals surface area (Å²) >= 11 is 0. The second kappa shape index (κ2) is 7.58. The normalized spacial score (nSPS) is 29.8. The fraction of sp³-hybridized carbons (Fsp3) is 0.941. The Morgan fingerprint density at radius 2 is 2.10 bits per heavy atom. The number of nitrogens with one attached hydrogen (secondary N) is 1. The summed E-state index contributed by atoms with van der Waals surface area (Å²) in [6, 6.07) is 3.06. The maximum absolute atomic E-state index is 9.37. The van der Waals surface area contributed by atoms with Crippen LogP contribution >= 0.6 is 0 Å². The third kappa shape index (κ3) is 5.25. The van der Waals surface area contributed by atoms with Crippen LogP contribution in [0.25, 0.3) is 0 Å². The highest BCUT2D eigenvalue weighted by atomic mass is 16.5. The molecular weight excluding hydrogens is 262 g/mol. The van der Waals surface area contributed by atoms with E-state index in [9.17, 15) is 5.26 Å². The second-order valence-electron chi connectivity index (χ2n) is 7.16. The van der Waals surface area contributed by atoms with Crippen molar-refractivity contribution >= 4 is 0 Å². The van der Waals surface area contributed by atoms with E-state index >= 15 is 0 Å². The topological polar surface area (TPSA) is 48.3 Å². The van der Waals surface area contributed by atoms with Crippen LogP contribution in [0.3, 0.4) is 0 Å². The van der Waals surface area contributed by atoms with Gasteiger partial charge < -0.3 is 9.64 Å². The Labute approximate surface area is 129 Å². The molecular formula is C17H31N3O. The van der Waals surface area contributed by atoms with Gasteiger partial charge in [-0.25, -0.2) is 0 Å². The summed E-state index contributed by atoms with van der Waals surface area (Å²) in [7, 11) is 1.83. The van der Waals surface area contributed by atoms with Crippen molar-refractivity contribution in [2.45, 2.75) is 70.1 Å². The Morgan fingerprint density at radius 3 is 2.71 bits per heavy atom. The summed E-state index contributed by atoms with van der Waals surface area (Å²) in [6.07, 6.45) is 7.35. The minimum absolute atomic E-state index is 0.327. The van der Waals surface area contributed by atoms with E-state index in [2.05, 4.69) is 30.1 Å². The zero-order valence-electron chi connectivity index (χ0n) is 13.9. The van der Waals surface area contributed by atoms with Crippen molar-refractivity contribution in [1.29, 1.82) is 5.26 Å². The van der Waals surface area contributed by atoms with Crippen LogP contribution in [0, 0.1) is 17.2 Å². The van der Waals surface area contributed by atoms with Gasteiger partial charge in [0, 0.05) is 19.7 Å². The van der Waals surface area contributed by atoms with Crippen LogP contribution in [-0.2, 0) is 4.74 Å². The highest BCUT2D eigenvalue weighted by molar-refractivity contribution is 5.06. The van der Waals surface area contributed by atoms with Gasteiger partial charge in [-0.15, -0.1) is 0 Å². The van der Waals surface area contributed by atoms with E-state index in [-0.39, 0.29) is 5.54 Å². The molecule has 1 aliphatic carbocycles. The molecule has 0 amide bonds. The molecule has 2 rings (SSSR count). The predicted molar refractivity (Wildman–Crippen MR) is 85.0 cm³/mol. The molecule has 0 spiro atoms. The van der Waals surface area contributed by atoms with Crippen molar-refractivity contribution in [2.24, 2.45) is 5.92 Å². The van der Waals surface area contributed by atoms with Gasteiger partial charge in [-0.3, -0.25) is 5.32 Å². The lowest BCUT2D eigenvalue weighted by Crippen LogP contribution is -2.44. The number of piperidine rings is 1. The molecule has 3 unspecified atom stereocenters. The van der Waals surface area contributed by atoms with Crippen LogP contribution in [0.4, 0.5) is 0 Å². The molecule has 0 radical (unpaired) electrons. The average Bonchev–Trinajstić information content (AvgIpc) is 3.29. The molecule has 0 aromatic carbocycles. The Bertz CT molecular complexity index is 364. The molecule has 120 valence electrons. The molecule has 4 nitrogen and oxygen atoms in total. The Morgan fingerprint density at radius 1 is 1.33 bits per heavy atom. The van der Waals surface area contributed by atoms with Crippen molar-refractivity contribution in [2.75, 3.05) is 26.7 Å². The zero-order valence-corrected chi connectivity index (χ0v) is 13.9. The number of nitriles is 1. The summed E-state index contributed by atoms with van der Waals surface area (Å²) in [4.78, 5) is 2.52. The lowest BCUT2D eigenvalue weighted by Gasteiger charge is -2.36. The highest BCUT2D eigenvalue weighted by Gasteiger charge is 2.32. The number of hydrogen-bond donors (Lipinski definition) is 1. The molecule has 1 saturated carbocycles. The first kappa shape index (κ1) is 16.7. The molecule has 0 bridgehead atoms. The van der Waals surface area contributed by atoms with Gasteiger partial charge in [0.25, 0.3) is 0 Å². The molecule has 1 N–H and O–H groups in total. The number of likely N-dealkylation sites (tertiary alicyclic amines) is 1. The molecule has 0 aromatic rings. The van der Waals surface area contributed by atoms with Crippen LogP contribution in [0.2, 0.25) is 0 Å². The van der Waals surface area contributed by atoms with Crippen LogP contribution in [0.1, 0.15) is 52.4 Å². The summed E-state index contributed by atoms with van der Waals surface area (Å²) in [5.41, 5.74) is -0.327. The van der Waals surface area contributed by atoms with Crippen LogP contribution < -0.4 is 5.32 Å². The second-order valence-corrected chi connectivity index (χ2v) is 7.16. The fourth-order valence-electron chi connectivity index (χ4n) is 3.26. The SMILES string of the molecule is COC1CN(CCCCC(C)(C#N)NC2CC2)CCC1C. The maximum atomic E-state index is 9.37. The van der Waals surface area contributed by atoms with Gasteiger partial charge in [0.2, 0.25) is 0 Å². The van der Waals surface area contributed by atoms with Gasteiger partial charge in [0.15, 0.2) is 0 Å². The molecule has 1 aliphatic heterocycles. The van der Waals surface area contributed by atoms with E-state index in [1.54, 1.807) is 0 Å². The van der Waals surface area contributed by atoms with Crippen molar-refractivity contribution in [3.8, 4) is 6.07 Å². The van der Waals surface area contributed by atoms with Gasteiger partial charge in [-0.05, 0) is 64.5 Å². The fourth-order valence-corrected chi connectivity index (χ4v) is 3.26.